The molecule has 0 aliphatic rings. The van der Waals surface area contributed by atoms with E-state index in [1.807, 2.05) is 12.1 Å². The van der Waals surface area contributed by atoms with E-state index in [1.54, 1.807) is 0 Å². The van der Waals surface area contributed by atoms with Crippen LogP contribution in [0.2, 0.25) is 0 Å². The van der Waals surface area contributed by atoms with Crippen molar-refractivity contribution in [2.75, 3.05) is 0 Å². The lowest BCUT2D eigenvalue weighted by Gasteiger charge is -2.23. The van der Waals surface area contributed by atoms with Gasteiger partial charge in [-0.2, -0.15) is 0 Å². The highest BCUT2D eigenvalue weighted by Gasteiger charge is 2.21. The minimum atomic E-state index is 0.0261. The molecule has 3 rings (SSSR count). The van der Waals surface area contributed by atoms with E-state index in [-0.39, 0.29) is 5.92 Å². The molecule has 0 fully saturated rings. The molecule has 0 saturated heterocycles. The molecule has 0 N–H and O–H groups in total. The molecule has 0 unspecified atom stereocenters. The molecule has 0 aromatic heterocycles. The normalized spacial score (nSPS) is 10.5. The lowest BCUT2D eigenvalue weighted by molar-refractivity contribution is 0.475. The fourth-order valence-corrected chi connectivity index (χ4v) is 4.25. The van der Waals surface area contributed by atoms with Crippen molar-refractivity contribution in [3.63, 3.8) is 0 Å². The van der Waals surface area contributed by atoms with Gasteiger partial charge < -0.3 is 14.2 Å². The van der Waals surface area contributed by atoms with Crippen LogP contribution in [-0.2, 0) is 0 Å². The van der Waals surface area contributed by atoms with Gasteiger partial charge in [0.25, 0.3) is 0 Å². The van der Waals surface area contributed by atoms with Crippen LogP contribution < -0.4 is 14.2 Å². The largest absolute Gasteiger partial charge is 0.466 e. The fraction of sp³-hybridized carbons (Fsp3) is 0.172. The molecule has 3 aromatic rings. The monoisotopic (exact) mass is 426 g/mol. The van der Waals surface area contributed by atoms with Crippen LogP contribution in [0.5, 0.6) is 17.2 Å². The molecule has 3 aromatic carbocycles. The van der Waals surface area contributed by atoms with E-state index in [2.05, 4.69) is 83.8 Å². The predicted molar refractivity (Wildman–Crippen MR) is 132 cm³/mol. The van der Waals surface area contributed by atoms with Crippen LogP contribution in [-0.4, -0.2) is 0 Å². The summed E-state index contributed by atoms with van der Waals surface area (Å²) in [5.74, 6) is 2.48. The van der Waals surface area contributed by atoms with Crippen molar-refractivity contribution in [1.82, 2.24) is 0 Å². The SMILES string of the molecule is C=COc1ccc(C(c2cc(C)c(OC=C)c(C)c2)c2cc(C)c(OC=C)c(C)c2)cc1. The van der Waals surface area contributed by atoms with Crippen molar-refractivity contribution in [2.24, 2.45) is 0 Å². The summed E-state index contributed by atoms with van der Waals surface area (Å²) in [4.78, 5) is 0. The molecule has 0 atom stereocenters. The third kappa shape index (κ3) is 4.78. The number of aryl methyl sites for hydroxylation is 4. The van der Waals surface area contributed by atoms with Crippen molar-refractivity contribution in [1.29, 1.82) is 0 Å². The Morgan fingerprint density at radius 2 is 0.938 bits per heavy atom. The first-order chi connectivity index (χ1) is 15.4. The number of benzene rings is 3. The third-order valence-corrected chi connectivity index (χ3v) is 5.47. The summed E-state index contributed by atoms with van der Waals surface area (Å²) in [6.45, 7) is 19.3. The first kappa shape index (κ1) is 23.0. The molecule has 0 bridgehead atoms. The van der Waals surface area contributed by atoms with Crippen molar-refractivity contribution in [3.05, 3.63) is 126 Å². The second kappa shape index (κ2) is 10.1. The number of hydrogen-bond donors (Lipinski definition) is 0. The topological polar surface area (TPSA) is 27.7 Å². The molecule has 3 nitrogen and oxygen atoms in total. The molecule has 0 amide bonds. The summed E-state index contributed by atoms with van der Waals surface area (Å²) in [5.41, 5.74) is 7.80. The zero-order chi connectivity index (χ0) is 23.3. The Hall–Kier alpha value is -3.72. The smallest absolute Gasteiger partial charge is 0.132 e. The number of ether oxygens (including phenoxy) is 3. The van der Waals surface area contributed by atoms with E-state index in [0.717, 1.165) is 45.1 Å². The highest BCUT2D eigenvalue weighted by Crippen LogP contribution is 2.39. The first-order valence-corrected chi connectivity index (χ1v) is 10.5. The van der Waals surface area contributed by atoms with E-state index >= 15 is 0 Å². The van der Waals surface area contributed by atoms with Gasteiger partial charge in [-0.25, -0.2) is 0 Å². The Kier molecular flexibility index (Phi) is 7.21. The highest BCUT2D eigenvalue weighted by molar-refractivity contribution is 5.54. The quantitative estimate of drug-likeness (QED) is 0.259. The summed E-state index contributed by atoms with van der Waals surface area (Å²) in [6.07, 6.45) is 4.37. The second-order valence-corrected chi connectivity index (χ2v) is 7.82. The van der Waals surface area contributed by atoms with Crippen LogP contribution in [0.3, 0.4) is 0 Å². The molecule has 0 radical (unpaired) electrons. The van der Waals surface area contributed by atoms with E-state index in [4.69, 9.17) is 14.2 Å². The van der Waals surface area contributed by atoms with E-state index in [1.165, 1.54) is 29.9 Å². The highest BCUT2D eigenvalue weighted by atomic mass is 16.5. The molecule has 3 heteroatoms. The summed E-state index contributed by atoms with van der Waals surface area (Å²) in [6, 6.07) is 16.9. The van der Waals surface area contributed by atoms with E-state index in [0.29, 0.717) is 0 Å². The molecular weight excluding hydrogens is 396 g/mol. The van der Waals surface area contributed by atoms with Crippen molar-refractivity contribution in [2.45, 2.75) is 33.6 Å². The van der Waals surface area contributed by atoms with Crippen LogP contribution in [0.15, 0.2) is 87.1 Å². The van der Waals surface area contributed by atoms with Crippen LogP contribution in [0.1, 0.15) is 44.9 Å². The summed E-state index contributed by atoms with van der Waals surface area (Å²) in [5, 5.41) is 0. The molecule has 0 aliphatic carbocycles. The minimum absolute atomic E-state index is 0.0261. The Morgan fingerprint density at radius 1 is 0.562 bits per heavy atom. The van der Waals surface area contributed by atoms with Gasteiger partial charge in [-0.3, -0.25) is 0 Å². The van der Waals surface area contributed by atoms with E-state index in [9.17, 15) is 0 Å². The maximum atomic E-state index is 5.65. The van der Waals surface area contributed by atoms with Gasteiger partial charge >= 0.3 is 0 Å². The molecule has 0 aliphatic heterocycles. The van der Waals surface area contributed by atoms with Gasteiger partial charge in [0.1, 0.15) is 17.2 Å². The van der Waals surface area contributed by atoms with Gasteiger partial charge in [-0.15, -0.1) is 0 Å². The molecule has 0 heterocycles. The Balaban J connectivity index is 2.20. The van der Waals surface area contributed by atoms with Crippen molar-refractivity contribution >= 4 is 0 Å². The van der Waals surface area contributed by atoms with Crippen LogP contribution in [0.4, 0.5) is 0 Å². The summed E-state index contributed by atoms with van der Waals surface area (Å²) < 4.78 is 16.7. The summed E-state index contributed by atoms with van der Waals surface area (Å²) >= 11 is 0. The second-order valence-electron chi connectivity index (χ2n) is 7.82. The first-order valence-electron chi connectivity index (χ1n) is 10.5. The third-order valence-electron chi connectivity index (χ3n) is 5.47. The zero-order valence-electron chi connectivity index (χ0n) is 19.3. The van der Waals surface area contributed by atoms with Crippen LogP contribution in [0, 0.1) is 27.7 Å². The maximum Gasteiger partial charge on any atom is 0.132 e. The minimum Gasteiger partial charge on any atom is -0.466 e. The standard InChI is InChI=1S/C29H30O3/c1-8-30-26-13-11-23(12-14-26)27(24-15-19(4)28(31-9-2)20(5)16-24)25-17-21(6)29(32-10-3)22(7)18-25/h8-18,27H,1-3H2,4-7H3. The Morgan fingerprint density at radius 3 is 1.28 bits per heavy atom. The van der Waals surface area contributed by atoms with Crippen LogP contribution >= 0.6 is 0 Å². The Bertz CT molecular complexity index is 1030. The lowest BCUT2D eigenvalue weighted by atomic mass is 9.82. The lowest BCUT2D eigenvalue weighted by Crippen LogP contribution is -2.07. The maximum absolute atomic E-state index is 5.65. The number of hydrogen-bond acceptors (Lipinski definition) is 3. The molecule has 32 heavy (non-hydrogen) atoms. The zero-order valence-corrected chi connectivity index (χ0v) is 19.3. The number of rotatable bonds is 9. The fourth-order valence-electron chi connectivity index (χ4n) is 4.25. The van der Waals surface area contributed by atoms with Gasteiger partial charge in [0.2, 0.25) is 0 Å². The Labute approximate surface area is 191 Å². The average Bonchev–Trinajstić information content (AvgIpc) is 2.75. The van der Waals surface area contributed by atoms with Gasteiger partial charge in [-0.05, 0) is 78.8 Å². The summed E-state index contributed by atoms with van der Waals surface area (Å²) in [7, 11) is 0. The van der Waals surface area contributed by atoms with Crippen LogP contribution in [0.25, 0.3) is 0 Å². The van der Waals surface area contributed by atoms with Gasteiger partial charge in [0.15, 0.2) is 0 Å². The average molecular weight is 427 g/mol. The molecule has 0 saturated carbocycles. The van der Waals surface area contributed by atoms with Crippen molar-refractivity contribution < 1.29 is 14.2 Å². The van der Waals surface area contributed by atoms with Crippen molar-refractivity contribution in [3.8, 4) is 17.2 Å². The molecule has 0 spiro atoms. The van der Waals surface area contributed by atoms with Gasteiger partial charge in [0.05, 0.1) is 18.8 Å². The predicted octanol–water partition coefficient (Wildman–Crippen LogP) is 7.67. The van der Waals surface area contributed by atoms with Gasteiger partial charge in [0, 0.05) is 5.92 Å². The van der Waals surface area contributed by atoms with E-state index < -0.39 is 0 Å². The molecular formula is C29H30O3. The molecule has 164 valence electrons. The van der Waals surface area contributed by atoms with Gasteiger partial charge in [-0.1, -0.05) is 56.1 Å².